The van der Waals surface area contributed by atoms with Crippen LogP contribution in [0.2, 0.25) is 0 Å². The van der Waals surface area contributed by atoms with Gasteiger partial charge in [-0.2, -0.15) is 0 Å². The van der Waals surface area contributed by atoms with Crippen molar-refractivity contribution in [3.8, 4) is 0 Å². The molecule has 0 aromatic heterocycles. The minimum absolute atomic E-state index is 0.177. The molecule has 1 aliphatic heterocycles. The van der Waals surface area contributed by atoms with E-state index >= 15 is 0 Å². The molecule has 0 radical (unpaired) electrons. The van der Waals surface area contributed by atoms with Crippen molar-refractivity contribution in [2.24, 2.45) is 0 Å². The van der Waals surface area contributed by atoms with E-state index < -0.39 is 0 Å². The Kier molecular flexibility index (Phi) is 4.73. The number of fused-ring (bicyclic) bond motifs is 1. The average Bonchev–Trinajstić information content (AvgIpc) is 2.54. The molecule has 0 spiro atoms. The van der Waals surface area contributed by atoms with Gasteiger partial charge in [-0.15, -0.1) is 0 Å². The molecule has 0 aliphatic carbocycles. The van der Waals surface area contributed by atoms with Crippen LogP contribution < -0.4 is 5.32 Å². The Morgan fingerprint density at radius 1 is 1.19 bits per heavy atom. The van der Waals surface area contributed by atoms with Crippen LogP contribution in [0, 0.1) is 0 Å². The summed E-state index contributed by atoms with van der Waals surface area (Å²) < 4.78 is 7.14. The number of nitrogens with one attached hydrogen (secondary N) is 1. The Morgan fingerprint density at radius 3 is 2.71 bits per heavy atom. The quantitative estimate of drug-likeness (QED) is 0.885. The molecule has 3 rings (SSSR count). The number of rotatable bonds is 4. The second kappa shape index (κ2) is 6.73. The van der Waals surface area contributed by atoms with Crippen LogP contribution >= 0.6 is 15.9 Å². The summed E-state index contributed by atoms with van der Waals surface area (Å²) in [6, 6.07) is 17.5. The van der Waals surface area contributed by atoms with Crippen molar-refractivity contribution in [1.29, 1.82) is 0 Å². The predicted molar refractivity (Wildman–Crippen MR) is 89.4 cm³/mol. The largest absolute Gasteiger partial charge is 0.373 e. The van der Waals surface area contributed by atoms with Crippen LogP contribution in [0.1, 0.15) is 35.3 Å². The first kappa shape index (κ1) is 14.8. The van der Waals surface area contributed by atoms with E-state index in [1.54, 1.807) is 0 Å². The van der Waals surface area contributed by atoms with Crippen molar-refractivity contribution in [3.63, 3.8) is 0 Å². The second-order valence-electron chi connectivity index (χ2n) is 5.44. The van der Waals surface area contributed by atoms with Gasteiger partial charge in [0.2, 0.25) is 0 Å². The molecule has 1 heterocycles. The highest BCUT2D eigenvalue weighted by molar-refractivity contribution is 9.10. The summed E-state index contributed by atoms with van der Waals surface area (Å²) in [5.41, 5.74) is 4.08. The van der Waals surface area contributed by atoms with Gasteiger partial charge in [0.25, 0.3) is 0 Å². The lowest BCUT2D eigenvalue weighted by molar-refractivity contribution is 0.0298. The number of hydrogen-bond donors (Lipinski definition) is 1. The summed E-state index contributed by atoms with van der Waals surface area (Å²) >= 11 is 3.49. The van der Waals surface area contributed by atoms with Gasteiger partial charge in [0.05, 0.1) is 12.7 Å². The van der Waals surface area contributed by atoms with Gasteiger partial charge in [0, 0.05) is 10.5 Å². The molecule has 0 bridgehead atoms. The fourth-order valence-electron chi connectivity index (χ4n) is 3.00. The number of hydrogen-bond acceptors (Lipinski definition) is 2. The van der Waals surface area contributed by atoms with E-state index in [4.69, 9.17) is 4.74 Å². The smallest absolute Gasteiger partial charge is 0.0845 e. The van der Waals surface area contributed by atoms with E-state index in [1.807, 2.05) is 7.05 Å². The van der Waals surface area contributed by atoms with E-state index in [0.29, 0.717) is 6.04 Å². The molecule has 2 aromatic rings. The van der Waals surface area contributed by atoms with Gasteiger partial charge in [0.1, 0.15) is 0 Å². The normalized spacial score (nSPS) is 19.0. The van der Waals surface area contributed by atoms with Gasteiger partial charge in [-0.05, 0) is 48.7 Å². The molecule has 0 saturated carbocycles. The molecule has 2 unspecified atom stereocenters. The Hall–Kier alpha value is -1.16. The third-order valence-electron chi connectivity index (χ3n) is 4.16. The van der Waals surface area contributed by atoms with Gasteiger partial charge in [-0.25, -0.2) is 0 Å². The summed E-state index contributed by atoms with van der Waals surface area (Å²) in [6.07, 6.45) is 2.15. The van der Waals surface area contributed by atoms with E-state index in [2.05, 4.69) is 69.8 Å². The van der Waals surface area contributed by atoms with Crippen molar-refractivity contribution in [3.05, 3.63) is 69.7 Å². The van der Waals surface area contributed by atoms with Crippen molar-refractivity contribution in [2.45, 2.75) is 25.0 Å². The lowest BCUT2D eigenvalue weighted by Gasteiger charge is -2.29. The highest BCUT2D eigenvalue weighted by atomic mass is 79.9. The van der Waals surface area contributed by atoms with Crippen LogP contribution in [-0.2, 0) is 11.2 Å². The second-order valence-corrected chi connectivity index (χ2v) is 6.35. The van der Waals surface area contributed by atoms with Crippen LogP contribution in [0.5, 0.6) is 0 Å². The molecule has 0 fully saturated rings. The monoisotopic (exact) mass is 345 g/mol. The molecule has 2 atom stereocenters. The first-order valence-electron chi connectivity index (χ1n) is 7.40. The zero-order valence-corrected chi connectivity index (χ0v) is 13.8. The maximum Gasteiger partial charge on any atom is 0.0845 e. The molecule has 110 valence electrons. The van der Waals surface area contributed by atoms with Crippen LogP contribution in [0.4, 0.5) is 0 Å². The Morgan fingerprint density at radius 2 is 1.95 bits per heavy atom. The molecule has 1 aliphatic rings. The first-order chi connectivity index (χ1) is 10.3. The number of halogens is 1. The van der Waals surface area contributed by atoms with E-state index in [0.717, 1.165) is 23.9 Å². The van der Waals surface area contributed by atoms with Crippen molar-refractivity contribution in [1.82, 2.24) is 5.32 Å². The van der Waals surface area contributed by atoms with Gasteiger partial charge in [-0.3, -0.25) is 0 Å². The SMILES string of the molecule is CNC(CC1OCCc2ccccc21)c1ccc(Br)cc1. The number of benzene rings is 2. The highest BCUT2D eigenvalue weighted by Crippen LogP contribution is 2.34. The standard InChI is InChI=1S/C18H20BrNO/c1-20-17(14-6-8-15(19)9-7-14)12-18-16-5-3-2-4-13(16)10-11-21-18/h2-9,17-18,20H,10-12H2,1H3. The van der Waals surface area contributed by atoms with E-state index in [1.165, 1.54) is 16.7 Å². The Balaban J connectivity index is 1.80. The summed E-state index contributed by atoms with van der Waals surface area (Å²) in [7, 11) is 2.02. The summed E-state index contributed by atoms with van der Waals surface area (Å²) in [5.74, 6) is 0. The van der Waals surface area contributed by atoms with E-state index in [-0.39, 0.29) is 6.10 Å². The third-order valence-corrected chi connectivity index (χ3v) is 4.69. The number of ether oxygens (including phenoxy) is 1. The lowest BCUT2D eigenvalue weighted by atomic mass is 9.91. The highest BCUT2D eigenvalue weighted by Gasteiger charge is 2.24. The van der Waals surface area contributed by atoms with Crippen LogP contribution in [0.3, 0.4) is 0 Å². The average molecular weight is 346 g/mol. The van der Waals surface area contributed by atoms with Gasteiger partial charge >= 0.3 is 0 Å². The summed E-state index contributed by atoms with van der Waals surface area (Å²) in [5, 5.41) is 3.42. The van der Waals surface area contributed by atoms with Crippen LogP contribution in [0.15, 0.2) is 53.0 Å². The zero-order chi connectivity index (χ0) is 14.7. The fraction of sp³-hybridized carbons (Fsp3) is 0.333. The van der Waals surface area contributed by atoms with Gasteiger partial charge in [0.15, 0.2) is 0 Å². The molecule has 1 N–H and O–H groups in total. The van der Waals surface area contributed by atoms with Gasteiger partial charge < -0.3 is 10.1 Å². The van der Waals surface area contributed by atoms with Crippen LogP contribution in [-0.4, -0.2) is 13.7 Å². The lowest BCUT2D eigenvalue weighted by Crippen LogP contribution is -2.23. The molecular weight excluding hydrogens is 326 g/mol. The molecule has 2 aromatic carbocycles. The predicted octanol–water partition coefficient (Wildman–Crippen LogP) is 4.41. The first-order valence-corrected chi connectivity index (χ1v) is 8.19. The molecule has 0 saturated heterocycles. The molecule has 21 heavy (non-hydrogen) atoms. The van der Waals surface area contributed by atoms with Gasteiger partial charge in [-0.1, -0.05) is 52.3 Å². The maximum absolute atomic E-state index is 6.03. The van der Waals surface area contributed by atoms with Crippen molar-refractivity contribution >= 4 is 15.9 Å². The van der Waals surface area contributed by atoms with Crippen molar-refractivity contribution in [2.75, 3.05) is 13.7 Å². The van der Waals surface area contributed by atoms with E-state index in [9.17, 15) is 0 Å². The third kappa shape index (κ3) is 3.37. The molecule has 2 nitrogen and oxygen atoms in total. The molecule has 3 heteroatoms. The topological polar surface area (TPSA) is 21.3 Å². The molecular formula is C18H20BrNO. The summed E-state index contributed by atoms with van der Waals surface area (Å²) in [6.45, 7) is 0.818. The minimum atomic E-state index is 0.177. The maximum atomic E-state index is 6.03. The Labute approximate surface area is 134 Å². The van der Waals surface area contributed by atoms with Crippen molar-refractivity contribution < 1.29 is 4.74 Å². The fourth-order valence-corrected chi connectivity index (χ4v) is 3.27. The molecule has 0 amide bonds. The zero-order valence-electron chi connectivity index (χ0n) is 12.2. The van der Waals surface area contributed by atoms with Crippen LogP contribution in [0.25, 0.3) is 0 Å². The minimum Gasteiger partial charge on any atom is -0.373 e. The summed E-state index contributed by atoms with van der Waals surface area (Å²) in [4.78, 5) is 0. The Bertz CT molecular complexity index is 596.